The molecule has 0 spiro atoms. The van der Waals surface area contributed by atoms with Gasteiger partial charge >= 0.3 is 0 Å². The molecular weight excluding hydrogens is 423 g/mol. The fourth-order valence-corrected chi connectivity index (χ4v) is 3.50. The number of anilines is 1. The van der Waals surface area contributed by atoms with Crippen LogP contribution in [0.15, 0.2) is 65.3 Å². The molecule has 2 aromatic heterocycles. The first-order chi connectivity index (χ1) is 13.5. The van der Waals surface area contributed by atoms with Crippen molar-refractivity contribution in [2.75, 3.05) is 5.32 Å². The molecule has 7 heteroatoms. The number of carbonyl (C=O) groups is 1. The molecule has 2 aromatic carbocycles. The first kappa shape index (κ1) is 18.3. The molecular formula is C21H16BrFN4O. The highest BCUT2D eigenvalue weighted by atomic mass is 79.9. The van der Waals surface area contributed by atoms with Crippen LogP contribution in [0, 0.1) is 12.7 Å². The summed E-state index contributed by atoms with van der Waals surface area (Å²) in [5.41, 5.74) is 3.59. The summed E-state index contributed by atoms with van der Waals surface area (Å²) >= 11 is 3.20. The summed E-state index contributed by atoms with van der Waals surface area (Å²) in [5.74, 6) is -0.883. The Kier molecular flexibility index (Phi) is 4.92. The lowest BCUT2D eigenvalue weighted by Crippen LogP contribution is -2.20. The van der Waals surface area contributed by atoms with Crippen molar-refractivity contribution < 1.29 is 9.18 Å². The molecule has 0 saturated heterocycles. The Morgan fingerprint density at radius 2 is 1.96 bits per heavy atom. The third kappa shape index (κ3) is 3.53. The zero-order valence-corrected chi connectivity index (χ0v) is 16.6. The average molecular weight is 439 g/mol. The summed E-state index contributed by atoms with van der Waals surface area (Å²) in [6.07, 6.45) is 1.70. The van der Waals surface area contributed by atoms with Crippen molar-refractivity contribution in [1.29, 1.82) is 0 Å². The number of rotatable bonds is 4. The number of nitrogens with zero attached hydrogens (tertiary/aromatic N) is 3. The van der Waals surface area contributed by atoms with Crippen molar-refractivity contribution in [3.63, 3.8) is 0 Å². The Morgan fingerprint density at radius 3 is 2.71 bits per heavy atom. The lowest BCUT2D eigenvalue weighted by Gasteiger charge is -2.08. The SMILES string of the molecule is Cc1nn(CC(=O)Nc2ccc(Br)cc2F)c2nccc(-c3ccccc3)c12. The largest absolute Gasteiger partial charge is 0.322 e. The molecule has 4 aromatic rings. The highest BCUT2D eigenvalue weighted by Crippen LogP contribution is 2.29. The highest BCUT2D eigenvalue weighted by molar-refractivity contribution is 9.10. The molecule has 0 bridgehead atoms. The number of nitrogens with one attached hydrogen (secondary N) is 1. The molecule has 0 saturated carbocycles. The van der Waals surface area contributed by atoms with Crippen molar-refractivity contribution in [3.05, 3.63) is 76.8 Å². The number of hydrogen-bond donors (Lipinski definition) is 1. The van der Waals surface area contributed by atoms with E-state index in [1.54, 1.807) is 16.9 Å². The quantitative estimate of drug-likeness (QED) is 0.490. The molecule has 0 atom stereocenters. The summed E-state index contributed by atoms with van der Waals surface area (Å²) in [4.78, 5) is 16.9. The predicted molar refractivity (Wildman–Crippen MR) is 110 cm³/mol. The van der Waals surface area contributed by atoms with Crippen LogP contribution in [0.3, 0.4) is 0 Å². The lowest BCUT2D eigenvalue weighted by atomic mass is 10.0. The summed E-state index contributed by atoms with van der Waals surface area (Å²) in [5, 5.41) is 7.97. The number of amides is 1. The maximum atomic E-state index is 14.0. The van der Waals surface area contributed by atoms with Gasteiger partial charge in [0.25, 0.3) is 0 Å². The number of aryl methyl sites for hydroxylation is 1. The minimum Gasteiger partial charge on any atom is -0.322 e. The molecule has 1 N–H and O–H groups in total. The molecule has 140 valence electrons. The van der Waals surface area contributed by atoms with Gasteiger partial charge in [-0.3, -0.25) is 4.79 Å². The van der Waals surface area contributed by atoms with Gasteiger partial charge in [-0.25, -0.2) is 14.1 Å². The van der Waals surface area contributed by atoms with Crippen molar-refractivity contribution in [3.8, 4) is 11.1 Å². The molecule has 28 heavy (non-hydrogen) atoms. The first-order valence-corrected chi connectivity index (χ1v) is 9.44. The zero-order valence-electron chi connectivity index (χ0n) is 15.0. The van der Waals surface area contributed by atoms with Gasteiger partial charge in [-0.15, -0.1) is 0 Å². The van der Waals surface area contributed by atoms with E-state index in [0.29, 0.717) is 10.1 Å². The molecule has 0 radical (unpaired) electrons. The van der Waals surface area contributed by atoms with Gasteiger partial charge in [0.2, 0.25) is 5.91 Å². The van der Waals surface area contributed by atoms with Gasteiger partial charge in [-0.1, -0.05) is 46.3 Å². The van der Waals surface area contributed by atoms with Crippen LogP contribution in [0.5, 0.6) is 0 Å². The van der Waals surface area contributed by atoms with E-state index >= 15 is 0 Å². The van der Waals surface area contributed by atoms with Crippen LogP contribution in [0.1, 0.15) is 5.69 Å². The molecule has 2 heterocycles. The van der Waals surface area contributed by atoms with Crippen molar-refractivity contribution in [2.45, 2.75) is 13.5 Å². The summed E-state index contributed by atoms with van der Waals surface area (Å²) < 4.78 is 16.1. The van der Waals surface area contributed by atoms with Crippen LogP contribution in [-0.2, 0) is 11.3 Å². The van der Waals surface area contributed by atoms with Crippen LogP contribution in [0.4, 0.5) is 10.1 Å². The minimum absolute atomic E-state index is 0.0644. The van der Waals surface area contributed by atoms with Crippen LogP contribution in [0.25, 0.3) is 22.2 Å². The van der Waals surface area contributed by atoms with Gasteiger partial charge in [-0.2, -0.15) is 5.10 Å². The van der Waals surface area contributed by atoms with Gasteiger partial charge in [0, 0.05) is 16.1 Å². The van der Waals surface area contributed by atoms with Gasteiger partial charge in [-0.05, 0) is 42.3 Å². The van der Waals surface area contributed by atoms with E-state index in [1.165, 1.54) is 12.1 Å². The average Bonchev–Trinajstić information content (AvgIpc) is 3.00. The van der Waals surface area contributed by atoms with Crippen molar-refractivity contribution >= 4 is 38.6 Å². The second-order valence-electron chi connectivity index (χ2n) is 6.34. The number of hydrogen-bond acceptors (Lipinski definition) is 3. The lowest BCUT2D eigenvalue weighted by molar-refractivity contribution is -0.116. The number of fused-ring (bicyclic) bond motifs is 1. The fraction of sp³-hybridized carbons (Fsp3) is 0.0952. The smallest absolute Gasteiger partial charge is 0.246 e. The molecule has 4 rings (SSSR count). The predicted octanol–water partition coefficient (Wildman–Crippen LogP) is 4.95. The Labute approximate surface area is 169 Å². The summed E-state index contributed by atoms with van der Waals surface area (Å²) in [7, 11) is 0. The van der Waals surface area contributed by atoms with Gasteiger partial charge in [0.1, 0.15) is 12.4 Å². The van der Waals surface area contributed by atoms with E-state index < -0.39 is 5.82 Å². The highest BCUT2D eigenvalue weighted by Gasteiger charge is 2.16. The van der Waals surface area contributed by atoms with E-state index in [-0.39, 0.29) is 18.1 Å². The monoisotopic (exact) mass is 438 g/mol. The number of carbonyl (C=O) groups excluding carboxylic acids is 1. The van der Waals surface area contributed by atoms with E-state index in [0.717, 1.165) is 22.2 Å². The normalized spacial score (nSPS) is 11.0. The molecule has 0 fully saturated rings. The van der Waals surface area contributed by atoms with Gasteiger partial charge in [0.15, 0.2) is 5.65 Å². The Hall–Kier alpha value is -3.06. The maximum absolute atomic E-state index is 14.0. The van der Waals surface area contributed by atoms with E-state index in [9.17, 15) is 9.18 Å². The summed E-state index contributed by atoms with van der Waals surface area (Å²) in [6, 6.07) is 16.4. The van der Waals surface area contributed by atoms with E-state index in [2.05, 4.69) is 31.3 Å². The standard InChI is InChI=1S/C21H16BrFN4O/c1-13-20-16(14-5-3-2-4-6-14)9-10-24-21(20)27(26-13)12-19(28)25-18-8-7-15(22)11-17(18)23/h2-11H,12H2,1H3,(H,25,28). The molecule has 1 amide bonds. The van der Waals surface area contributed by atoms with Crippen molar-refractivity contribution in [2.24, 2.45) is 0 Å². The molecule has 0 aliphatic carbocycles. The second-order valence-corrected chi connectivity index (χ2v) is 7.25. The topological polar surface area (TPSA) is 59.8 Å². The molecule has 5 nitrogen and oxygen atoms in total. The molecule has 0 aliphatic heterocycles. The van der Waals surface area contributed by atoms with E-state index in [1.807, 2.05) is 43.3 Å². The zero-order chi connectivity index (χ0) is 19.7. The Bertz CT molecular complexity index is 1170. The number of aromatic nitrogens is 3. The fourth-order valence-electron chi connectivity index (χ4n) is 3.17. The van der Waals surface area contributed by atoms with Crippen molar-refractivity contribution in [1.82, 2.24) is 14.8 Å². The molecule has 0 aliphatic rings. The third-order valence-electron chi connectivity index (χ3n) is 4.39. The maximum Gasteiger partial charge on any atom is 0.246 e. The number of halogens is 2. The molecule has 0 unspecified atom stereocenters. The number of benzene rings is 2. The van der Waals surface area contributed by atoms with E-state index in [4.69, 9.17) is 0 Å². The Morgan fingerprint density at radius 1 is 1.18 bits per heavy atom. The number of pyridine rings is 1. The van der Waals surface area contributed by atoms with Crippen LogP contribution < -0.4 is 5.32 Å². The van der Waals surface area contributed by atoms with Crippen LogP contribution >= 0.6 is 15.9 Å². The second kappa shape index (κ2) is 7.52. The van der Waals surface area contributed by atoms with Crippen LogP contribution in [-0.4, -0.2) is 20.7 Å². The summed E-state index contributed by atoms with van der Waals surface area (Å²) in [6.45, 7) is 1.82. The third-order valence-corrected chi connectivity index (χ3v) is 4.88. The first-order valence-electron chi connectivity index (χ1n) is 8.65. The van der Waals surface area contributed by atoms with Gasteiger partial charge in [0.05, 0.1) is 11.4 Å². The van der Waals surface area contributed by atoms with Crippen LogP contribution in [0.2, 0.25) is 0 Å². The Balaban J connectivity index is 1.65. The minimum atomic E-state index is -0.506. The van der Waals surface area contributed by atoms with Gasteiger partial charge < -0.3 is 5.32 Å².